The van der Waals surface area contributed by atoms with Crippen LogP contribution in [0.1, 0.15) is 5.82 Å². The maximum absolute atomic E-state index is 5.97. The highest BCUT2D eigenvalue weighted by molar-refractivity contribution is 6.06. The van der Waals surface area contributed by atoms with Gasteiger partial charge in [0.2, 0.25) is 0 Å². The molecule has 0 aliphatic carbocycles. The zero-order chi connectivity index (χ0) is 21.5. The highest BCUT2D eigenvalue weighted by Gasteiger charge is 2.11. The number of benzene rings is 3. The molecular weight excluding hydrogens is 394 g/mol. The van der Waals surface area contributed by atoms with E-state index in [4.69, 9.17) is 14.4 Å². The molecule has 4 nitrogen and oxygen atoms in total. The average Bonchev–Trinajstić information content (AvgIpc) is 3.22. The number of hydrogen-bond acceptors (Lipinski definition) is 4. The topological polar surface area (TPSA) is 51.8 Å². The fourth-order valence-corrected chi connectivity index (χ4v) is 4.12. The summed E-state index contributed by atoms with van der Waals surface area (Å²) >= 11 is 0. The molecule has 3 aromatic carbocycles. The van der Waals surface area contributed by atoms with Gasteiger partial charge < -0.3 is 4.42 Å². The normalized spacial score (nSPS) is 11.3. The molecule has 0 bridgehead atoms. The summed E-state index contributed by atoms with van der Waals surface area (Å²) in [5, 5.41) is 2.21. The van der Waals surface area contributed by atoms with Gasteiger partial charge in [-0.25, -0.2) is 9.97 Å². The Kier molecular flexibility index (Phi) is 4.29. The molecule has 0 saturated carbocycles. The number of aromatic nitrogens is 3. The first-order chi connectivity index (χ1) is 15.7. The molecule has 0 unspecified atom stereocenters. The monoisotopic (exact) mass is 413 g/mol. The van der Waals surface area contributed by atoms with E-state index in [1.807, 2.05) is 43.5 Å². The standard InChI is InChI=1S/C28H19N3O/c1-18-30-25(20-10-8-19(9-11-20)22-5-4-14-29-17-22)16-26(31-18)21-12-13-28-24(15-21)23-6-2-3-7-27(23)32-28/h2-17H,1H3. The smallest absolute Gasteiger partial charge is 0.135 e. The highest BCUT2D eigenvalue weighted by Crippen LogP contribution is 2.33. The molecule has 0 saturated heterocycles. The molecule has 0 amide bonds. The molecular formula is C28H19N3O. The molecule has 6 rings (SSSR count). The first-order valence-corrected chi connectivity index (χ1v) is 10.5. The molecule has 6 aromatic rings. The van der Waals surface area contributed by atoms with Crippen molar-refractivity contribution in [1.82, 2.24) is 15.0 Å². The number of para-hydroxylation sites is 1. The van der Waals surface area contributed by atoms with Crippen LogP contribution in [0.25, 0.3) is 55.6 Å². The van der Waals surface area contributed by atoms with Gasteiger partial charge in [0.15, 0.2) is 0 Å². The number of rotatable bonds is 3. The summed E-state index contributed by atoms with van der Waals surface area (Å²) in [5.41, 5.74) is 7.91. The Morgan fingerprint density at radius 1 is 0.594 bits per heavy atom. The molecule has 0 fully saturated rings. The largest absolute Gasteiger partial charge is 0.456 e. The predicted molar refractivity (Wildman–Crippen MR) is 128 cm³/mol. The van der Waals surface area contributed by atoms with Crippen LogP contribution in [0, 0.1) is 6.92 Å². The van der Waals surface area contributed by atoms with Crippen molar-refractivity contribution in [2.45, 2.75) is 6.92 Å². The van der Waals surface area contributed by atoms with Crippen LogP contribution in [0.5, 0.6) is 0 Å². The van der Waals surface area contributed by atoms with Crippen molar-refractivity contribution in [2.24, 2.45) is 0 Å². The van der Waals surface area contributed by atoms with Gasteiger partial charge in [-0.15, -0.1) is 0 Å². The van der Waals surface area contributed by atoms with E-state index >= 15 is 0 Å². The number of furan rings is 1. The van der Waals surface area contributed by atoms with E-state index in [0.717, 1.165) is 61.4 Å². The Hall–Kier alpha value is -4.31. The minimum atomic E-state index is 0.742. The Morgan fingerprint density at radius 3 is 2.12 bits per heavy atom. The van der Waals surface area contributed by atoms with Crippen LogP contribution in [-0.4, -0.2) is 15.0 Å². The predicted octanol–water partition coefficient (Wildman–Crippen LogP) is 7.08. The van der Waals surface area contributed by atoms with Crippen molar-refractivity contribution in [2.75, 3.05) is 0 Å². The first-order valence-electron chi connectivity index (χ1n) is 10.5. The van der Waals surface area contributed by atoms with Crippen molar-refractivity contribution in [1.29, 1.82) is 0 Å². The summed E-state index contributed by atoms with van der Waals surface area (Å²) in [6.45, 7) is 1.93. The molecule has 32 heavy (non-hydrogen) atoms. The van der Waals surface area contributed by atoms with Crippen LogP contribution in [0.2, 0.25) is 0 Å². The number of pyridine rings is 1. The maximum Gasteiger partial charge on any atom is 0.135 e. The van der Waals surface area contributed by atoms with Gasteiger partial charge in [0.25, 0.3) is 0 Å². The zero-order valence-corrected chi connectivity index (χ0v) is 17.5. The second-order valence-corrected chi connectivity index (χ2v) is 7.81. The summed E-state index contributed by atoms with van der Waals surface area (Å²) in [6.07, 6.45) is 3.66. The lowest BCUT2D eigenvalue weighted by molar-refractivity contribution is 0.669. The fourth-order valence-electron chi connectivity index (χ4n) is 4.12. The third-order valence-electron chi connectivity index (χ3n) is 5.69. The zero-order valence-electron chi connectivity index (χ0n) is 17.5. The second kappa shape index (κ2) is 7.43. The number of hydrogen-bond donors (Lipinski definition) is 0. The highest BCUT2D eigenvalue weighted by atomic mass is 16.3. The number of aryl methyl sites for hydroxylation is 1. The number of nitrogens with zero attached hydrogens (tertiary/aromatic N) is 3. The van der Waals surface area contributed by atoms with E-state index in [1.54, 1.807) is 6.20 Å². The molecule has 0 radical (unpaired) electrons. The lowest BCUT2D eigenvalue weighted by Gasteiger charge is -2.08. The Labute approximate surface area is 185 Å². The molecule has 0 atom stereocenters. The summed E-state index contributed by atoms with van der Waals surface area (Å²) < 4.78 is 5.97. The minimum absolute atomic E-state index is 0.742. The first kappa shape index (κ1) is 18.5. The Bertz CT molecular complexity index is 1570. The van der Waals surface area contributed by atoms with Crippen molar-refractivity contribution < 1.29 is 4.42 Å². The van der Waals surface area contributed by atoms with Crippen LogP contribution in [0.4, 0.5) is 0 Å². The summed E-state index contributed by atoms with van der Waals surface area (Å²) in [5.74, 6) is 0.742. The molecule has 152 valence electrons. The van der Waals surface area contributed by atoms with Crippen molar-refractivity contribution in [3.63, 3.8) is 0 Å². The van der Waals surface area contributed by atoms with Crippen LogP contribution in [0.3, 0.4) is 0 Å². The van der Waals surface area contributed by atoms with Gasteiger partial charge in [-0.2, -0.15) is 0 Å². The summed E-state index contributed by atoms with van der Waals surface area (Å²) in [6, 6.07) is 28.8. The van der Waals surface area contributed by atoms with Crippen molar-refractivity contribution in [3.8, 4) is 33.6 Å². The average molecular weight is 413 g/mol. The third kappa shape index (κ3) is 3.22. The van der Waals surface area contributed by atoms with Crippen LogP contribution in [0.15, 0.2) is 102 Å². The summed E-state index contributed by atoms with van der Waals surface area (Å²) in [4.78, 5) is 13.6. The fraction of sp³-hybridized carbons (Fsp3) is 0.0357. The molecule has 0 spiro atoms. The van der Waals surface area contributed by atoms with Crippen LogP contribution >= 0.6 is 0 Å². The van der Waals surface area contributed by atoms with Crippen LogP contribution < -0.4 is 0 Å². The molecule has 3 aromatic heterocycles. The third-order valence-corrected chi connectivity index (χ3v) is 5.69. The van der Waals surface area contributed by atoms with Crippen LogP contribution in [-0.2, 0) is 0 Å². The van der Waals surface area contributed by atoms with Gasteiger partial charge in [0.05, 0.1) is 11.4 Å². The maximum atomic E-state index is 5.97. The molecule has 3 heterocycles. The SMILES string of the molecule is Cc1nc(-c2ccc(-c3cccnc3)cc2)cc(-c2ccc3oc4ccccc4c3c2)n1. The van der Waals surface area contributed by atoms with E-state index in [9.17, 15) is 0 Å². The quantitative estimate of drug-likeness (QED) is 0.311. The molecule has 0 N–H and O–H groups in total. The number of fused-ring (bicyclic) bond motifs is 3. The summed E-state index contributed by atoms with van der Waals surface area (Å²) in [7, 11) is 0. The van der Waals surface area contributed by atoms with Gasteiger partial charge in [-0.1, -0.05) is 48.5 Å². The van der Waals surface area contributed by atoms with Crippen molar-refractivity contribution in [3.05, 3.63) is 103 Å². The van der Waals surface area contributed by atoms with Gasteiger partial charge in [-0.05, 0) is 54.4 Å². The van der Waals surface area contributed by atoms with Gasteiger partial charge in [0, 0.05) is 34.3 Å². The van der Waals surface area contributed by atoms with E-state index in [1.165, 1.54) is 0 Å². The van der Waals surface area contributed by atoms with E-state index in [2.05, 4.69) is 59.6 Å². The molecule has 0 aliphatic rings. The Balaban J connectivity index is 1.42. The van der Waals surface area contributed by atoms with Gasteiger partial charge in [0.1, 0.15) is 17.0 Å². The van der Waals surface area contributed by atoms with Gasteiger partial charge >= 0.3 is 0 Å². The van der Waals surface area contributed by atoms with Crippen molar-refractivity contribution >= 4 is 21.9 Å². The van der Waals surface area contributed by atoms with Gasteiger partial charge in [-0.3, -0.25) is 4.98 Å². The molecule has 0 aliphatic heterocycles. The lowest BCUT2D eigenvalue weighted by atomic mass is 10.0. The van der Waals surface area contributed by atoms with E-state index < -0.39 is 0 Å². The second-order valence-electron chi connectivity index (χ2n) is 7.81. The molecule has 4 heteroatoms. The minimum Gasteiger partial charge on any atom is -0.456 e. The Morgan fingerprint density at radius 2 is 1.31 bits per heavy atom. The lowest BCUT2D eigenvalue weighted by Crippen LogP contribution is -1.94. The van der Waals surface area contributed by atoms with E-state index in [-0.39, 0.29) is 0 Å². The van der Waals surface area contributed by atoms with E-state index in [0.29, 0.717) is 0 Å².